The third-order valence-electron chi connectivity index (χ3n) is 2.11. The molecule has 1 aromatic rings. The fourth-order valence-corrected chi connectivity index (χ4v) is 1.16. The molecule has 0 atom stereocenters. The monoisotopic (exact) mass is 233 g/mol. The third-order valence-corrected chi connectivity index (χ3v) is 2.11. The van der Waals surface area contributed by atoms with Crippen LogP contribution in [0.4, 0.5) is 10.1 Å². The van der Waals surface area contributed by atoms with E-state index in [-0.39, 0.29) is 0 Å². The summed E-state index contributed by atoms with van der Waals surface area (Å²) in [6, 6.07) is 5.59. The highest BCUT2D eigenvalue weighted by molar-refractivity contribution is 5.74. The minimum atomic E-state index is -0.483. The maximum absolute atomic E-state index is 12.4. The van der Waals surface area contributed by atoms with Crippen molar-refractivity contribution < 1.29 is 4.39 Å². The Hall–Kier alpha value is -1.83. The highest BCUT2D eigenvalue weighted by Crippen LogP contribution is 2.19. The summed E-state index contributed by atoms with van der Waals surface area (Å²) in [6.45, 7) is 12.9. The molecule has 1 nitrogen and oxygen atoms in total. The van der Waals surface area contributed by atoms with Crippen LogP contribution in [-0.2, 0) is 0 Å². The van der Waals surface area contributed by atoms with E-state index >= 15 is 0 Å². The van der Waals surface area contributed by atoms with Crippen LogP contribution >= 0.6 is 0 Å². The first-order valence-electron chi connectivity index (χ1n) is 5.58. The van der Waals surface area contributed by atoms with Crippen LogP contribution in [0.2, 0.25) is 0 Å². The molecule has 1 rings (SSSR count). The molecule has 0 saturated heterocycles. The number of aryl methyl sites for hydroxylation is 1. The van der Waals surface area contributed by atoms with Gasteiger partial charge in [-0.2, -0.15) is 0 Å². The quantitative estimate of drug-likeness (QED) is 0.596. The molecule has 0 fully saturated rings. The van der Waals surface area contributed by atoms with Gasteiger partial charge in [-0.15, -0.1) is 0 Å². The third kappa shape index (κ3) is 5.16. The van der Waals surface area contributed by atoms with Gasteiger partial charge in [-0.1, -0.05) is 39.1 Å². The van der Waals surface area contributed by atoms with E-state index in [0.717, 1.165) is 22.4 Å². The van der Waals surface area contributed by atoms with Gasteiger partial charge >= 0.3 is 0 Å². The lowest BCUT2D eigenvalue weighted by Gasteiger charge is -2.04. The molecule has 0 amide bonds. The number of hydrogen-bond acceptors (Lipinski definition) is 1. The van der Waals surface area contributed by atoms with E-state index in [9.17, 15) is 4.39 Å². The van der Waals surface area contributed by atoms with E-state index < -0.39 is 5.83 Å². The second-order valence-corrected chi connectivity index (χ2v) is 3.38. The number of halogens is 1. The Labute approximate surface area is 103 Å². The zero-order valence-electron chi connectivity index (χ0n) is 10.8. The molecule has 0 saturated carbocycles. The highest BCUT2D eigenvalue weighted by Gasteiger charge is 1.98. The van der Waals surface area contributed by atoms with E-state index in [0.29, 0.717) is 0 Å². The zero-order valence-corrected chi connectivity index (χ0v) is 10.8. The lowest BCUT2D eigenvalue weighted by molar-refractivity contribution is 0.671. The first-order chi connectivity index (χ1) is 8.00. The molecule has 2 N–H and O–H groups in total. The molecule has 0 heterocycles. The summed E-state index contributed by atoms with van der Waals surface area (Å²) in [5, 5.41) is 0. The molecule has 0 aromatic heterocycles. The van der Waals surface area contributed by atoms with E-state index in [1.54, 1.807) is 6.08 Å². The van der Waals surface area contributed by atoms with Crippen LogP contribution in [0.15, 0.2) is 49.3 Å². The highest BCUT2D eigenvalue weighted by atomic mass is 19.1. The normalized spacial score (nSPS) is 9.65. The van der Waals surface area contributed by atoms with Gasteiger partial charge in [0.2, 0.25) is 0 Å². The maximum atomic E-state index is 12.4. The fourth-order valence-electron chi connectivity index (χ4n) is 1.16. The number of allylic oxidation sites excluding steroid dienone is 4. The van der Waals surface area contributed by atoms with Gasteiger partial charge in [0.1, 0.15) is 5.83 Å². The standard InChI is InChI=1S/C13H14FN.C2H6/c1-9(4-5-11(3)14)12-6-7-13(15)10(2)8-12;1-2/h4-8H,1,3,15H2,2H3;1-2H3/b5-4-;. The van der Waals surface area contributed by atoms with Gasteiger partial charge in [0.25, 0.3) is 0 Å². The van der Waals surface area contributed by atoms with Gasteiger partial charge in [-0.3, -0.25) is 0 Å². The summed E-state index contributed by atoms with van der Waals surface area (Å²) in [5.41, 5.74) is 9.08. The second kappa shape index (κ2) is 7.44. The number of anilines is 1. The molecule has 0 unspecified atom stereocenters. The first-order valence-corrected chi connectivity index (χ1v) is 5.58. The number of benzene rings is 1. The van der Waals surface area contributed by atoms with Crippen LogP contribution in [0.3, 0.4) is 0 Å². The molecule has 0 bridgehead atoms. The number of hydrogen-bond donors (Lipinski definition) is 1. The smallest absolute Gasteiger partial charge is 0.116 e. The van der Waals surface area contributed by atoms with E-state index in [1.807, 2.05) is 39.0 Å². The zero-order chi connectivity index (χ0) is 13.4. The largest absolute Gasteiger partial charge is 0.399 e. The van der Waals surface area contributed by atoms with Crippen LogP contribution in [0.5, 0.6) is 0 Å². The van der Waals surface area contributed by atoms with Crippen molar-refractivity contribution >= 4 is 11.3 Å². The van der Waals surface area contributed by atoms with Crippen molar-refractivity contribution in [1.82, 2.24) is 0 Å². The molecule has 17 heavy (non-hydrogen) atoms. The van der Waals surface area contributed by atoms with Crippen LogP contribution in [0.1, 0.15) is 25.0 Å². The maximum Gasteiger partial charge on any atom is 0.116 e. The Morgan fingerprint density at radius 2 is 1.82 bits per heavy atom. The molecule has 0 spiro atoms. The van der Waals surface area contributed by atoms with Gasteiger partial charge in [0.15, 0.2) is 0 Å². The Balaban J connectivity index is 0.00000121. The predicted molar refractivity (Wildman–Crippen MR) is 75.4 cm³/mol. The van der Waals surface area contributed by atoms with Crippen molar-refractivity contribution in [3.8, 4) is 0 Å². The molecule has 0 aliphatic heterocycles. The molecule has 0 aliphatic rings. The predicted octanol–water partition coefficient (Wildman–Crippen LogP) is 4.66. The summed E-state index contributed by atoms with van der Waals surface area (Å²) in [6.07, 6.45) is 2.88. The fraction of sp³-hybridized carbons (Fsp3) is 0.200. The minimum Gasteiger partial charge on any atom is -0.399 e. The number of nitrogens with two attached hydrogens (primary N) is 1. The van der Waals surface area contributed by atoms with Crippen molar-refractivity contribution in [1.29, 1.82) is 0 Å². The SMILES string of the molecule is C=C(F)/C=C\C(=C)c1ccc(N)c(C)c1.CC. The van der Waals surface area contributed by atoms with Gasteiger partial charge in [-0.05, 0) is 41.8 Å². The number of rotatable bonds is 3. The van der Waals surface area contributed by atoms with Crippen LogP contribution in [0.25, 0.3) is 5.57 Å². The Bertz CT molecular complexity index is 431. The van der Waals surface area contributed by atoms with Crippen molar-refractivity contribution in [3.63, 3.8) is 0 Å². The van der Waals surface area contributed by atoms with E-state index in [4.69, 9.17) is 5.73 Å². The topological polar surface area (TPSA) is 26.0 Å². The Morgan fingerprint density at radius 3 is 2.29 bits per heavy atom. The van der Waals surface area contributed by atoms with Gasteiger partial charge < -0.3 is 5.73 Å². The molecule has 2 heteroatoms. The van der Waals surface area contributed by atoms with Crippen molar-refractivity contribution in [2.75, 3.05) is 5.73 Å². The summed E-state index contributed by atoms with van der Waals surface area (Å²) in [4.78, 5) is 0. The lowest BCUT2D eigenvalue weighted by atomic mass is 10.0. The van der Waals surface area contributed by atoms with Crippen LogP contribution in [-0.4, -0.2) is 0 Å². The van der Waals surface area contributed by atoms with E-state index in [1.165, 1.54) is 6.08 Å². The van der Waals surface area contributed by atoms with Gasteiger partial charge in [-0.25, -0.2) is 4.39 Å². The molecule has 92 valence electrons. The molecular weight excluding hydrogens is 213 g/mol. The Kier molecular flexibility index (Phi) is 6.64. The van der Waals surface area contributed by atoms with Crippen LogP contribution < -0.4 is 5.73 Å². The second-order valence-electron chi connectivity index (χ2n) is 3.38. The van der Waals surface area contributed by atoms with Gasteiger partial charge in [0, 0.05) is 5.69 Å². The summed E-state index contributed by atoms with van der Waals surface area (Å²) in [7, 11) is 0. The molecule has 1 aromatic carbocycles. The van der Waals surface area contributed by atoms with Crippen LogP contribution in [0, 0.1) is 6.92 Å². The first kappa shape index (κ1) is 15.2. The average molecular weight is 233 g/mol. The molecule has 0 radical (unpaired) electrons. The van der Waals surface area contributed by atoms with Crippen molar-refractivity contribution in [2.45, 2.75) is 20.8 Å². The lowest BCUT2D eigenvalue weighted by Crippen LogP contribution is -1.90. The van der Waals surface area contributed by atoms with Crippen molar-refractivity contribution in [3.05, 3.63) is 60.5 Å². The minimum absolute atomic E-state index is 0.483. The van der Waals surface area contributed by atoms with E-state index in [2.05, 4.69) is 13.2 Å². The molecule has 0 aliphatic carbocycles. The summed E-state index contributed by atoms with van der Waals surface area (Å²) >= 11 is 0. The summed E-state index contributed by atoms with van der Waals surface area (Å²) < 4.78 is 12.4. The Morgan fingerprint density at radius 1 is 1.24 bits per heavy atom. The number of nitrogen functional groups attached to an aromatic ring is 1. The van der Waals surface area contributed by atoms with Gasteiger partial charge in [0.05, 0.1) is 0 Å². The molecular formula is C15H20FN. The van der Waals surface area contributed by atoms with Crippen molar-refractivity contribution in [2.24, 2.45) is 0 Å². The summed E-state index contributed by atoms with van der Waals surface area (Å²) in [5.74, 6) is -0.483. The average Bonchev–Trinajstić information content (AvgIpc) is 2.32.